The fourth-order valence-corrected chi connectivity index (χ4v) is 2.64. The molecule has 0 amide bonds. The van der Waals surface area contributed by atoms with Crippen LogP contribution in [0.4, 0.5) is 0 Å². The Morgan fingerprint density at radius 3 is 2.77 bits per heavy atom. The molecule has 2 rings (SSSR count). The molecule has 1 aliphatic rings. The van der Waals surface area contributed by atoms with Gasteiger partial charge >= 0.3 is 0 Å². The lowest BCUT2D eigenvalue weighted by Gasteiger charge is -2.17. The summed E-state index contributed by atoms with van der Waals surface area (Å²) in [4.78, 5) is 0. The van der Waals surface area contributed by atoms with E-state index in [1.807, 2.05) is 11.8 Å². The fourth-order valence-electron chi connectivity index (χ4n) is 1.58. The van der Waals surface area contributed by atoms with Gasteiger partial charge in [-0.15, -0.1) is 11.8 Å². The Bertz CT molecular complexity index is 254. The van der Waals surface area contributed by atoms with Crippen LogP contribution in [0.5, 0.6) is 0 Å². The molecule has 1 heterocycles. The number of hydrogen-bond donors (Lipinski definition) is 0. The normalized spacial score (nSPS) is 24.5. The molecule has 1 nitrogen and oxygen atoms in total. The number of thioether (sulfide) groups is 1. The van der Waals surface area contributed by atoms with Crippen molar-refractivity contribution in [2.45, 2.75) is 18.3 Å². The van der Waals surface area contributed by atoms with Crippen LogP contribution in [0.2, 0.25) is 0 Å². The Balaban J connectivity index is 2.08. The van der Waals surface area contributed by atoms with Gasteiger partial charge in [0.2, 0.25) is 0 Å². The third-order valence-corrected chi connectivity index (χ3v) is 3.66. The summed E-state index contributed by atoms with van der Waals surface area (Å²) >= 11 is 1.92. The quantitative estimate of drug-likeness (QED) is 0.716. The minimum Gasteiger partial charge on any atom is -0.366 e. The molecule has 1 fully saturated rings. The van der Waals surface area contributed by atoms with E-state index >= 15 is 0 Å². The SMILES string of the molecule is CC(c1ccccc1)C1OCCS1. The molecule has 0 aliphatic carbocycles. The van der Waals surface area contributed by atoms with Crippen LogP contribution in [0, 0.1) is 0 Å². The van der Waals surface area contributed by atoms with E-state index in [1.54, 1.807) is 0 Å². The highest BCUT2D eigenvalue weighted by Crippen LogP contribution is 2.32. The molecule has 0 bridgehead atoms. The minimum atomic E-state index is 0.363. The van der Waals surface area contributed by atoms with Gasteiger partial charge in [-0.25, -0.2) is 0 Å². The first-order valence-electron chi connectivity index (χ1n) is 4.66. The van der Waals surface area contributed by atoms with E-state index in [0.717, 1.165) is 12.4 Å². The summed E-state index contributed by atoms with van der Waals surface area (Å²) in [6.45, 7) is 3.14. The van der Waals surface area contributed by atoms with Crippen molar-refractivity contribution in [3.63, 3.8) is 0 Å². The largest absolute Gasteiger partial charge is 0.366 e. The second kappa shape index (κ2) is 4.16. The van der Waals surface area contributed by atoms with E-state index in [9.17, 15) is 0 Å². The number of rotatable bonds is 2. The maximum atomic E-state index is 5.63. The summed E-state index contributed by atoms with van der Waals surface area (Å²) in [7, 11) is 0. The van der Waals surface area contributed by atoms with Gasteiger partial charge in [0.05, 0.1) is 6.61 Å². The first kappa shape index (κ1) is 9.10. The Kier molecular flexibility index (Phi) is 2.91. The lowest BCUT2D eigenvalue weighted by atomic mass is 10.0. The molecular formula is C11H14OS. The van der Waals surface area contributed by atoms with Gasteiger partial charge in [0.15, 0.2) is 0 Å². The monoisotopic (exact) mass is 194 g/mol. The highest BCUT2D eigenvalue weighted by Gasteiger charge is 2.23. The van der Waals surface area contributed by atoms with Crippen LogP contribution in [-0.4, -0.2) is 17.8 Å². The first-order chi connectivity index (χ1) is 6.38. The number of hydrogen-bond acceptors (Lipinski definition) is 2. The lowest BCUT2D eigenvalue weighted by molar-refractivity contribution is 0.127. The maximum absolute atomic E-state index is 5.63. The second-order valence-electron chi connectivity index (χ2n) is 3.31. The van der Waals surface area contributed by atoms with E-state index in [-0.39, 0.29) is 0 Å². The summed E-state index contributed by atoms with van der Waals surface area (Å²) < 4.78 is 5.63. The average Bonchev–Trinajstić information content (AvgIpc) is 2.71. The zero-order valence-electron chi connectivity index (χ0n) is 7.77. The topological polar surface area (TPSA) is 9.23 Å². The zero-order valence-corrected chi connectivity index (χ0v) is 8.59. The highest BCUT2D eigenvalue weighted by atomic mass is 32.2. The van der Waals surface area contributed by atoms with E-state index in [2.05, 4.69) is 37.3 Å². The molecule has 1 aliphatic heterocycles. The molecule has 70 valence electrons. The summed E-state index contributed by atoms with van der Waals surface area (Å²) in [5.74, 6) is 1.65. The van der Waals surface area contributed by atoms with Crippen LogP contribution >= 0.6 is 11.8 Å². The van der Waals surface area contributed by atoms with Crippen LogP contribution in [0.15, 0.2) is 30.3 Å². The summed E-state index contributed by atoms with van der Waals surface area (Å²) in [6.07, 6.45) is 0. The molecule has 1 aromatic rings. The van der Waals surface area contributed by atoms with Crippen LogP contribution in [-0.2, 0) is 4.74 Å². The first-order valence-corrected chi connectivity index (χ1v) is 5.71. The third kappa shape index (κ3) is 2.06. The second-order valence-corrected chi connectivity index (χ2v) is 4.52. The predicted octanol–water partition coefficient (Wildman–Crippen LogP) is 2.88. The van der Waals surface area contributed by atoms with Gasteiger partial charge in [0, 0.05) is 11.7 Å². The zero-order chi connectivity index (χ0) is 9.10. The van der Waals surface area contributed by atoms with Crippen molar-refractivity contribution >= 4 is 11.8 Å². The Morgan fingerprint density at radius 2 is 2.15 bits per heavy atom. The molecule has 1 aromatic carbocycles. The van der Waals surface area contributed by atoms with Gasteiger partial charge in [-0.05, 0) is 5.56 Å². The van der Waals surface area contributed by atoms with Crippen molar-refractivity contribution in [3.8, 4) is 0 Å². The van der Waals surface area contributed by atoms with Crippen molar-refractivity contribution < 1.29 is 4.74 Å². The van der Waals surface area contributed by atoms with Gasteiger partial charge < -0.3 is 4.74 Å². The molecule has 0 aromatic heterocycles. The number of ether oxygens (including phenoxy) is 1. The molecule has 0 saturated carbocycles. The van der Waals surface area contributed by atoms with Crippen LogP contribution in [0.25, 0.3) is 0 Å². The number of benzene rings is 1. The van der Waals surface area contributed by atoms with E-state index < -0.39 is 0 Å². The summed E-state index contributed by atoms with van der Waals surface area (Å²) in [5.41, 5.74) is 1.74. The predicted molar refractivity (Wildman–Crippen MR) is 57.1 cm³/mol. The van der Waals surface area contributed by atoms with Crippen molar-refractivity contribution in [3.05, 3.63) is 35.9 Å². The van der Waals surface area contributed by atoms with Crippen LogP contribution in [0.3, 0.4) is 0 Å². The van der Waals surface area contributed by atoms with Crippen molar-refractivity contribution in [2.24, 2.45) is 0 Å². The van der Waals surface area contributed by atoms with E-state index in [0.29, 0.717) is 11.4 Å². The molecule has 1 saturated heterocycles. The summed E-state index contributed by atoms with van der Waals surface area (Å²) in [6, 6.07) is 10.6. The van der Waals surface area contributed by atoms with E-state index in [4.69, 9.17) is 4.74 Å². The van der Waals surface area contributed by atoms with Gasteiger partial charge in [-0.1, -0.05) is 37.3 Å². The minimum absolute atomic E-state index is 0.363. The van der Waals surface area contributed by atoms with Gasteiger partial charge in [0.25, 0.3) is 0 Å². The lowest BCUT2D eigenvalue weighted by Crippen LogP contribution is -2.11. The highest BCUT2D eigenvalue weighted by molar-refractivity contribution is 8.00. The molecule has 0 spiro atoms. The van der Waals surface area contributed by atoms with Crippen molar-refractivity contribution in [2.75, 3.05) is 12.4 Å². The fraction of sp³-hybridized carbons (Fsp3) is 0.455. The standard InChI is InChI=1S/C11H14OS/c1-9(11-12-7-8-13-11)10-5-3-2-4-6-10/h2-6,9,11H,7-8H2,1H3. The summed E-state index contributed by atoms with van der Waals surface area (Å²) in [5, 5.41) is 0. The molecule has 13 heavy (non-hydrogen) atoms. The van der Waals surface area contributed by atoms with Crippen LogP contribution < -0.4 is 0 Å². The molecule has 2 unspecified atom stereocenters. The van der Waals surface area contributed by atoms with Gasteiger partial charge in [-0.3, -0.25) is 0 Å². The Labute approximate surface area is 83.5 Å². The van der Waals surface area contributed by atoms with Crippen LogP contribution in [0.1, 0.15) is 18.4 Å². The smallest absolute Gasteiger partial charge is 0.109 e. The van der Waals surface area contributed by atoms with Crippen molar-refractivity contribution in [1.29, 1.82) is 0 Å². The molecule has 2 atom stereocenters. The third-order valence-electron chi connectivity index (χ3n) is 2.38. The molecule has 2 heteroatoms. The van der Waals surface area contributed by atoms with E-state index in [1.165, 1.54) is 5.56 Å². The Morgan fingerprint density at radius 1 is 1.38 bits per heavy atom. The molecule has 0 N–H and O–H groups in total. The molecular weight excluding hydrogens is 180 g/mol. The van der Waals surface area contributed by atoms with Gasteiger partial charge in [-0.2, -0.15) is 0 Å². The maximum Gasteiger partial charge on any atom is 0.109 e. The average molecular weight is 194 g/mol. The van der Waals surface area contributed by atoms with Gasteiger partial charge in [0.1, 0.15) is 5.44 Å². The Hall–Kier alpha value is -0.470. The molecule has 0 radical (unpaired) electrons. The van der Waals surface area contributed by atoms with Crippen molar-refractivity contribution in [1.82, 2.24) is 0 Å².